The molecule has 0 aromatic heterocycles. The number of rotatable bonds is 0. The molecule has 0 amide bonds. The summed E-state index contributed by atoms with van der Waals surface area (Å²) in [5.74, 6) is -0.389. The van der Waals surface area contributed by atoms with E-state index in [0.29, 0.717) is 16.3 Å². The first-order valence-corrected chi connectivity index (χ1v) is 3.76. The van der Waals surface area contributed by atoms with Gasteiger partial charge in [-0.2, -0.15) is 0 Å². The quantitative estimate of drug-likeness (QED) is 0.641. The Morgan fingerprint density at radius 3 is 2.92 bits per heavy atom. The highest BCUT2D eigenvalue weighted by Gasteiger charge is 2.24. The molecule has 1 aromatic carbocycles. The molecule has 12 heavy (non-hydrogen) atoms. The van der Waals surface area contributed by atoms with Gasteiger partial charge in [-0.15, -0.1) is 0 Å². The fourth-order valence-electron chi connectivity index (χ4n) is 1.14. The van der Waals surface area contributed by atoms with Crippen molar-refractivity contribution in [3.8, 4) is 0 Å². The number of Topliss-reactive ketones (excluding diaryl/α,β-unsaturated/α-hetero) is 1. The van der Waals surface area contributed by atoms with Crippen LogP contribution in [0.5, 0.6) is 0 Å². The van der Waals surface area contributed by atoms with Gasteiger partial charge in [0.15, 0.2) is 5.84 Å². The SMILES string of the molecule is N=C1Nc2ccc(Cl)cc2C1=O. The van der Waals surface area contributed by atoms with Crippen molar-refractivity contribution in [2.24, 2.45) is 0 Å². The molecule has 0 radical (unpaired) electrons. The van der Waals surface area contributed by atoms with Gasteiger partial charge in [0, 0.05) is 5.02 Å². The normalized spacial score (nSPS) is 14.4. The number of hydrogen-bond donors (Lipinski definition) is 2. The summed E-state index contributed by atoms with van der Waals surface area (Å²) in [4.78, 5) is 11.2. The molecule has 0 atom stereocenters. The molecular formula is C8H5ClN2O. The molecule has 0 saturated carbocycles. The number of fused-ring (bicyclic) bond motifs is 1. The van der Waals surface area contributed by atoms with Crippen molar-refractivity contribution in [1.29, 1.82) is 5.41 Å². The van der Waals surface area contributed by atoms with E-state index in [1.54, 1.807) is 18.2 Å². The molecule has 0 spiro atoms. The summed E-state index contributed by atoms with van der Waals surface area (Å²) in [5.41, 5.74) is 1.14. The monoisotopic (exact) mass is 180 g/mol. The van der Waals surface area contributed by atoms with E-state index in [0.717, 1.165) is 0 Å². The van der Waals surface area contributed by atoms with Gasteiger partial charge in [0.2, 0.25) is 5.78 Å². The fraction of sp³-hybridized carbons (Fsp3) is 0. The number of amidine groups is 1. The van der Waals surface area contributed by atoms with Gasteiger partial charge in [-0.1, -0.05) is 11.6 Å². The molecule has 1 aliphatic heterocycles. The lowest BCUT2D eigenvalue weighted by Crippen LogP contribution is -2.11. The third-order valence-corrected chi connectivity index (χ3v) is 1.95. The Kier molecular flexibility index (Phi) is 1.41. The van der Waals surface area contributed by atoms with E-state index < -0.39 is 0 Å². The fourth-order valence-corrected chi connectivity index (χ4v) is 1.31. The number of hydrogen-bond acceptors (Lipinski definition) is 2. The minimum absolute atomic E-state index is 0.0905. The molecule has 0 bridgehead atoms. The van der Waals surface area contributed by atoms with Crippen LogP contribution in [-0.4, -0.2) is 11.6 Å². The first-order valence-electron chi connectivity index (χ1n) is 3.38. The van der Waals surface area contributed by atoms with E-state index in [1.165, 1.54) is 0 Å². The Bertz CT molecular complexity index is 387. The lowest BCUT2D eigenvalue weighted by Gasteiger charge is -1.95. The van der Waals surface area contributed by atoms with Gasteiger partial charge in [-0.05, 0) is 18.2 Å². The highest BCUT2D eigenvalue weighted by molar-refractivity contribution is 6.53. The average Bonchev–Trinajstić information content (AvgIpc) is 2.31. The zero-order valence-corrected chi connectivity index (χ0v) is 6.77. The molecule has 2 rings (SSSR count). The molecule has 60 valence electrons. The van der Waals surface area contributed by atoms with Crippen LogP contribution in [-0.2, 0) is 0 Å². The van der Waals surface area contributed by atoms with Crippen LogP contribution in [0.15, 0.2) is 18.2 Å². The van der Waals surface area contributed by atoms with Gasteiger partial charge in [0.1, 0.15) is 0 Å². The lowest BCUT2D eigenvalue weighted by atomic mass is 10.1. The van der Waals surface area contributed by atoms with E-state index in [-0.39, 0.29) is 11.6 Å². The van der Waals surface area contributed by atoms with Crippen molar-refractivity contribution in [3.05, 3.63) is 28.8 Å². The van der Waals surface area contributed by atoms with Crippen LogP contribution >= 0.6 is 11.6 Å². The highest BCUT2D eigenvalue weighted by Crippen LogP contribution is 2.25. The van der Waals surface area contributed by atoms with Crippen LogP contribution < -0.4 is 5.32 Å². The van der Waals surface area contributed by atoms with Crippen LogP contribution in [0, 0.1) is 5.41 Å². The van der Waals surface area contributed by atoms with Gasteiger partial charge in [0.25, 0.3) is 0 Å². The van der Waals surface area contributed by atoms with Gasteiger partial charge in [0.05, 0.1) is 11.3 Å². The minimum Gasteiger partial charge on any atom is -0.337 e. The van der Waals surface area contributed by atoms with Crippen LogP contribution in [0.1, 0.15) is 10.4 Å². The predicted molar refractivity (Wildman–Crippen MR) is 47.1 cm³/mol. The number of anilines is 1. The Morgan fingerprint density at radius 1 is 1.42 bits per heavy atom. The summed E-state index contributed by atoms with van der Waals surface area (Å²) in [7, 11) is 0. The third-order valence-electron chi connectivity index (χ3n) is 1.71. The minimum atomic E-state index is -0.299. The number of benzene rings is 1. The maximum atomic E-state index is 11.2. The molecular weight excluding hydrogens is 176 g/mol. The van der Waals surface area contributed by atoms with E-state index in [9.17, 15) is 4.79 Å². The molecule has 3 nitrogen and oxygen atoms in total. The molecule has 0 aliphatic carbocycles. The summed E-state index contributed by atoms with van der Waals surface area (Å²) in [6.07, 6.45) is 0. The van der Waals surface area contributed by atoms with E-state index in [4.69, 9.17) is 17.0 Å². The Balaban J connectivity index is 2.63. The van der Waals surface area contributed by atoms with Crippen molar-refractivity contribution in [1.82, 2.24) is 0 Å². The zero-order valence-electron chi connectivity index (χ0n) is 6.02. The molecule has 4 heteroatoms. The molecule has 0 saturated heterocycles. The third kappa shape index (κ3) is 0.905. The van der Waals surface area contributed by atoms with Crippen molar-refractivity contribution < 1.29 is 4.79 Å². The topological polar surface area (TPSA) is 53.0 Å². The van der Waals surface area contributed by atoms with Crippen molar-refractivity contribution in [3.63, 3.8) is 0 Å². The largest absolute Gasteiger partial charge is 0.337 e. The highest BCUT2D eigenvalue weighted by atomic mass is 35.5. The van der Waals surface area contributed by atoms with Gasteiger partial charge >= 0.3 is 0 Å². The summed E-state index contributed by atoms with van der Waals surface area (Å²) >= 11 is 5.69. The number of ketones is 1. The van der Waals surface area contributed by atoms with Gasteiger partial charge in [-0.3, -0.25) is 10.2 Å². The van der Waals surface area contributed by atoms with Crippen molar-refractivity contribution in [2.45, 2.75) is 0 Å². The molecule has 2 N–H and O–H groups in total. The van der Waals surface area contributed by atoms with E-state index >= 15 is 0 Å². The number of carbonyl (C=O) groups excluding carboxylic acids is 1. The lowest BCUT2D eigenvalue weighted by molar-refractivity contribution is 0.106. The molecule has 1 aromatic rings. The number of carbonyl (C=O) groups is 1. The van der Waals surface area contributed by atoms with Crippen LogP contribution in [0.3, 0.4) is 0 Å². The van der Waals surface area contributed by atoms with Crippen LogP contribution in [0.25, 0.3) is 0 Å². The second-order valence-electron chi connectivity index (χ2n) is 2.52. The molecule has 1 aliphatic rings. The first kappa shape index (κ1) is 7.31. The van der Waals surface area contributed by atoms with Crippen molar-refractivity contribution >= 4 is 28.9 Å². The molecule has 0 fully saturated rings. The predicted octanol–water partition coefficient (Wildman–Crippen LogP) is 1.93. The van der Waals surface area contributed by atoms with E-state index in [1.807, 2.05) is 0 Å². The summed E-state index contributed by atoms with van der Waals surface area (Å²) in [6.45, 7) is 0. The maximum absolute atomic E-state index is 11.2. The second kappa shape index (κ2) is 2.32. The Morgan fingerprint density at radius 2 is 2.17 bits per heavy atom. The van der Waals surface area contributed by atoms with Crippen molar-refractivity contribution in [2.75, 3.05) is 5.32 Å². The standard InChI is InChI=1S/C8H5ClN2O/c9-4-1-2-6-5(3-4)7(12)8(10)11-6/h1-3H,(H2,10,11,12). The number of halogens is 1. The van der Waals surface area contributed by atoms with Gasteiger partial charge < -0.3 is 5.32 Å². The van der Waals surface area contributed by atoms with Gasteiger partial charge in [-0.25, -0.2) is 0 Å². The Labute approximate surface area is 73.9 Å². The average molecular weight is 181 g/mol. The van der Waals surface area contributed by atoms with Crippen LogP contribution in [0.2, 0.25) is 5.02 Å². The smallest absolute Gasteiger partial charge is 0.229 e. The van der Waals surface area contributed by atoms with E-state index in [2.05, 4.69) is 5.32 Å². The van der Waals surface area contributed by atoms with Crippen LogP contribution in [0.4, 0.5) is 5.69 Å². The summed E-state index contributed by atoms with van der Waals surface area (Å²) in [6, 6.07) is 4.93. The molecule has 1 heterocycles. The Hall–Kier alpha value is -1.35. The second-order valence-corrected chi connectivity index (χ2v) is 2.96. The zero-order chi connectivity index (χ0) is 8.72. The summed E-state index contributed by atoms with van der Waals surface area (Å²) < 4.78 is 0. The summed E-state index contributed by atoms with van der Waals surface area (Å²) in [5, 5.41) is 10.4. The first-order chi connectivity index (χ1) is 5.68. The maximum Gasteiger partial charge on any atom is 0.229 e. The molecule has 0 unspecified atom stereocenters. The number of nitrogens with one attached hydrogen (secondary N) is 2.